The molecule has 1 saturated heterocycles. The summed E-state index contributed by atoms with van der Waals surface area (Å²) in [4.78, 5) is 0. The average molecular weight is 228 g/mol. The number of ether oxygens (including phenoxy) is 1. The normalized spacial score (nSPS) is 60.6. The van der Waals surface area contributed by atoms with Crippen molar-refractivity contribution in [1.29, 1.82) is 0 Å². The minimum absolute atomic E-state index is 0.0798. The third-order valence-electron chi connectivity index (χ3n) is 5.51. The first-order valence-corrected chi connectivity index (χ1v) is 6.42. The van der Waals surface area contributed by atoms with Gasteiger partial charge in [-0.15, -0.1) is 0 Å². The maximum absolute atomic E-state index is 10.9. The van der Waals surface area contributed by atoms with E-state index < -0.39 is 16.8 Å². The molecule has 0 aromatic carbocycles. The van der Waals surface area contributed by atoms with E-state index in [1.54, 1.807) is 0 Å². The largest absolute Gasteiger partial charge is 0.386 e. The van der Waals surface area contributed by atoms with Gasteiger partial charge in [-0.1, -0.05) is 27.2 Å². The number of hydrogen-bond acceptors (Lipinski definition) is 3. The van der Waals surface area contributed by atoms with Crippen molar-refractivity contribution in [2.75, 3.05) is 0 Å². The highest BCUT2D eigenvalue weighted by atomic mass is 16.6. The number of aliphatic hydroxyl groups is 2. The molecule has 2 rings (SSSR count). The Labute approximate surface area is 97.8 Å². The molecule has 1 heterocycles. The molecule has 16 heavy (non-hydrogen) atoms. The van der Waals surface area contributed by atoms with Crippen LogP contribution in [0.25, 0.3) is 0 Å². The highest BCUT2D eigenvalue weighted by Gasteiger charge is 2.80. The van der Waals surface area contributed by atoms with Crippen molar-refractivity contribution in [3.05, 3.63) is 0 Å². The molecular formula is C13H24O3. The average Bonchev–Trinajstić information content (AvgIpc) is 2.36. The molecule has 0 bridgehead atoms. The zero-order chi connectivity index (χ0) is 12.4. The minimum atomic E-state index is -0.900. The van der Waals surface area contributed by atoms with Crippen LogP contribution < -0.4 is 0 Å². The van der Waals surface area contributed by atoms with Crippen molar-refractivity contribution < 1.29 is 14.9 Å². The van der Waals surface area contributed by atoms with Gasteiger partial charge in [0, 0.05) is 0 Å². The van der Waals surface area contributed by atoms with Crippen LogP contribution in [0.15, 0.2) is 0 Å². The molecular weight excluding hydrogens is 204 g/mol. The van der Waals surface area contributed by atoms with E-state index in [9.17, 15) is 10.2 Å². The zero-order valence-electron chi connectivity index (χ0n) is 10.9. The van der Waals surface area contributed by atoms with Crippen LogP contribution in [0.5, 0.6) is 0 Å². The maximum atomic E-state index is 10.9. The molecule has 94 valence electrons. The van der Waals surface area contributed by atoms with Crippen LogP contribution >= 0.6 is 0 Å². The minimum Gasteiger partial charge on any atom is -0.386 e. The predicted molar refractivity (Wildman–Crippen MR) is 62.1 cm³/mol. The Bertz CT molecular complexity index is 304. The van der Waals surface area contributed by atoms with Crippen LogP contribution in [-0.4, -0.2) is 33.1 Å². The number of hydrogen-bond donors (Lipinski definition) is 2. The van der Waals surface area contributed by atoms with Gasteiger partial charge in [-0.25, -0.2) is 0 Å². The topological polar surface area (TPSA) is 49.7 Å². The first-order chi connectivity index (χ1) is 7.29. The summed E-state index contributed by atoms with van der Waals surface area (Å²) in [7, 11) is 0. The Morgan fingerprint density at radius 3 is 2.12 bits per heavy atom. The highest BCUT2D eigenvalue weighted by molar-refractivity contribution is 5.29. The van der Waals surface area contributed by atoms with Crippen LogP contribution in [-0.2, 0) is 4.74 Å². The van der Waals surface area contributed by atoms with Gasteiger partial charge in [0.1, 0.15) is 11.2 Å². The Kier molecular flexibility index (Phi) is 2.48. The van der Waals surface area contributed by atoms with Crippen molar-refractivity contribution in [2.24, 2.45) is 11.8 Å². The quantitative estimate of drug-likeness (QED) is 0.756. The highest BCUT2D eigenvalue weighted by Crippen LogP contribution is 2.65. The standard InChI is InChI=1S/C13H24O3/c1-6-10-8(3)13(15)9(4)16-11(13,5)12(10,14)7-2/h8-10,14-15H,6-7H2,1-5H3/t8?,9?,10?,11-,12+,13+/m1/s1. The lowest BCUT2D eigenvalue weighted by molar-refractivity contribution is -0.370. The molecule has 0 aromatic rings. The van der Waals surface area contributed by atoms with Crippen molar-refractivity contribution in [3.8, 4) is 0 Å². The maximum Gasteiger partial charge on any atom is 0.126 e. The summed E-state index contributed by atoms with van der Waals surface area (Å²) in [6, 6.07) is 0. The van der Waals surface area contributed by atoms with E-state index in [0.29, 0.717) is 6.42 Å². The fourth-order valence-corrected chi connectivity index (χ4v) is 4.49. The van der Waals surface area contributed by atoms with Crippen molar-refractivity contribution in [2.45, 2.75) is 70.4 Å². The summed E-state index contributed by atoms with van der Waals surface area (Å²) in [5.41, 5.74) is -2.57. The van der Waals surface area contributed by atoms with Crippen molar-refractivity contribution in [1.82, 2.24) is 0 Å². The smallest absolute Gasteiger partial charge is 0.126 e. The summed E-state index contributed by atoms with van der Waals surface area (Å²) < 4.78 is 5.76. The Balaban J connectivity index is 2.50. The first kappa shape index (κ1) is 12.3. The van der Waals surface area contributed by atoms with Gasteiger partial charge < -0.3 is 14.9 Å². The van der Waals surface area contributed by atoms with Crippen LogP contribution in [0.4, 0.5) is 0 Å². The third kappa shape index (κ3) is 0.925. The van der Waals surface area contributed by atoms with Gasteiger partial charge in [0.2, 0.25) is 0 Å². The molecule has 1 aliphatic heterocycles. The molecule has 3 unspecified atom stereocenters. The second-order valence-corrected chi connectivity index (χ2v) is 5.70. The van der Waals surface area contributed by atoms with Crippen LogP contribution in [0.1, 0.15) is 47.5 Å². The second kappa shape index (κ2) is 3.21. The molecule has 0 amide bonds. The van der Waals surface area contributed by atoms with Gasteiger partial charge in [0.15, 0.2) is 0 Å². The first-order valence-electron chi connectivity index (χ1n) is 6.42. The van der Waals surface area contributed by atoms with Gasteiger partial charge in [-0.05, 0) is 32.1 Å². The van der Waals surface area contributed by atoms with E-state index in [1.165, 1.54) is 0 Å². The van der Waals surface area contributed by atoms with E-state index in [1.807, 2.05) is 27.7 Å². The van der Waals surface area contributed by atoms with Crippen LogP contribution in [0.3, 0.4) is 0 Å². The van der Waals surface area contributed by atoms with Gasteiger partial charge >= 0.3 is 0 Å². The molecule has 2 N–H and O–H groups in total. The second-order valence-electron chi connectivity index (χ2n) is 5.70. The lowest BCUT2D eigenvalue weighted by atomic mass is 9.68. The monoisotopic (exact) mass is 228 g/mol. The summed E-state index contributed by atoms with van der Waals surface area (Å²) in [5.74, 6) is 0.189. The predicted octanol–water partition coefficient (Wildman–Crippen LogP) is 1.71. The molecule has 2 fully saturated rings. The van der Waals surface area contributed by atoms with Crippen LogP contribution in [0, 0.1) is 11.8 Å². The Morgan fingerprint density at radius 1 is 1.19 bits per heavy atom. The van der Waals surface area contributed by atoms with E-state index >= 15 is 0 Å². The fourth-order valence-electron chi connectivity index (χ4n) is 4.49. The number of fused-ring (bicyclic) bond motifs is 1. The summed E-state index contributed by atoms with van der Waals surface area (Å²) in [6.45, 7) is 9.84. The molecule has 0 spiro atoms. The van der Waals surface area contributed by atoms with Crippen molar-refractivity contribution in [3.63, 3.8) is 0 Å². The molecule has 3 heteroatoms. The summed E-state index contributed by atoms with van der Waals surface area (Å²) >= 11 is 0. The third-order valence-corrected chi connectivity index (χ3v) is 5.51. The fraction of sp³-hybridized carbons (Fsp3) is 1.00. The molecule has 1 aliphatic carbocycles. The molecule has 1 saturated carbocycles. The molecule has 0 radical (unpaired) electrons. The number of rotatable bonds is 2. The molecule has 3 nitrogen and oxygen atoms in total. The molecule has 0 aromatic heterocycles. The Morgan fingerprint density at radius 2 is 1.75 bits per heavy atom. The van der Waals surface area contributed by atoms with Gasteiger partial charge in [-0.2, -0.15) is 0 Å². The van der Waals surface area contributed by atoms with E-state index in [-0.39, 0.29) is 17.9 Å². The molecule has 6 atom stereocenters. The van der Waals surface area contributed by atoms with E-state index in [4.69, 9.17) is 4.74 Å². The SMILES string of the molecule is CCC1C(C)[C@]2(O)C(C)O[C@]2(C)[C@]1(O)CC. The van der Waals surface area contributed by atoms with E-state index in [0.717, 1.165) is 6.42 Å². The molecule has 2 aliphatic rings. The van der Waals surface area contributed by atoms with Gasteiger partial charge in [0.05, 0.1) is 11.7 Å². The van der Waals surface area contributed by atoms with Crippen LogP contribution in [0.2, 0.25) is 0 Å². The Hall–Kier alpha value is -0.120. The zero-order valence-corrected chi connectivity index (χ0v) is 10.9. The lowest BCUT2D eigenvalue weighted by Crippen LogP contribution is -2.77. The van der Waals surface area contributed by atoms with E-state index in [2.05, 4.69) is 6.92 Å². The lowest BCUT2D eigenvalue weighted by Gasteiger charge is -2.60. The van der Waals surface area contributed by atoms with Crippen molar-refractivity contribution >= 4 is 0 Å². The van der Waals surface area contributed by atoms with Gasteiger partial charge in [0.25, 0.3) is 0 Å². The summed E-state index contributed by atoms with van der Waals surface area (Å²) in [5, 5.41) is 21.7. The van der Waals surface area contributed by atoms with Gasteiger partial charge in [-0.3, -0.25) is 0 Å². The summed E-state index contributed by atoms with van der Waals surface area (Å²) in [6.07, 6.45) is 1.32.